The lowest BCUT2D eigenvalue weighted by atomic mass is 10.1. The second kappa shape index (κ2) is 12.7. The summed E-state index contributed by atoms with van der Waals surface area (Å²) in [5, 5.41) is 21.8. The van der Waals surface area contributed by atoms with Gasteiger partial charge in [0.15, 0.2) is 0 Å². The van der Waals surface area contributed by atoms with Crippen LogP contribution in [0.1, 0.15) is 12.8 Å². The molecule has 0 aromatic heterocycles. The third-order valence-electron chi connectivity index (χ3n) is 3.23. The largest absolute Gasteiger partial charge is 0.480 e. The summed E-state index contributed by atoms with van der Waals surface area (Å²) in [6, 6.07) is -2.42. The molecule has 0 heterocycles. The molecule has 0 fully saturated rings. The molecule has 2 atom stereocenters. The highest BCUT2D eigenvalue weighted by Crippen LogP contribution is 2.06. The van der Waals surface area contributed by atoms with E-state index >= 15 is 0 Å². The maximum Gasteiger partial charge on any atom is 0.322 e. The van der Waals surface area contributed by atoms with E-state index in [0.717, 1.165) is 16.7 Å². The van der Waals surface area contributed by atoms with Crippen LogP contribution in [0.5, 0.6) is 0 Å². The van der Waals surface area contributed by atoms with Crippen molar-refractivity contribution >= 4 is 47.2 Å². The summed E-state index contributed by atoms with van der Waals surface area (Å²) in [4.78, 5) is 69.5. The highest BCUT2D eigenvalue weighted by molar-refractivity contribution is 8.00. The number of nitrogens with zero attached hydrogens (tertiary/aromatic N) is 1. The molecular formula is C15H24N4O8S. The molecule has 12 nitrogen and oxygen atoms in total. The summed E-state index contributed by atoms with van der Waals surface area (Å²) in [5.74, 6) is -5.77. The van der Waals surface area contributed by atoms with Gasteiger partial charge in [0.05, 0.1) is 5.75 Å². The lowest BCUT2D eigenvalue weighted by Gasteiger charge is -2.18. The van der Waals surface area contributed by atoms with E-state index in [-0.39, 0.29) is 24.3 Å². The lowest BCUT2D eigenvalue weighted by molar-refractivity contribution is -0.141. The predicted octanol–water partition coefficient (Wildman–Crippen LogP) is -2.75. The van der Waals surface area contributed by atoms with E-state index < -0.39 is 54.1 Å². The summed E-state index contributed by atoms with van der Waals surface area (Å²) in [5.41, 5.74) is 5.30. The second-order valence-corrected chi connectivity index (χ2v) is 6.88. The van der Waals surface area contributed by atoms with Gasteiger partial charge in [0.2, 0.25) is 17.6 Å². The zero-order valence-electron chi connectivity index (χ0n) is 15.5. The number of amides is 3. The molecule has 0 aliphatic carbocycles. The molecule has 0 saturated heterocycles. The van der Waals surface area contributed by atoms with E-state index in [9.17, 15) is 28.8 Å². The van der Waals surface area contributed by atoms with Crippen LogP contribution < -0.4 is 16.4 Å². The van der Waals surface area contributed by atoms with Crippen molar-refractivity contribution in [2.24, 2.45) is 5.73 Å². The van der Waals surface area contributed by atoms with E-state index in [1.807, 2.05) is 0 Å². The van der Waals surface area contributed by atoms with E-state index in [4.69, 9.17) is 15.9 Å². The van der Waals surface area contributed by atoms with Gasteiger partial charge in [-0.3, -0.25) is 28.8 Å². The maximum absolute atomic E-state index is 12.1. The molecule has 13 heteroatoms. The van der Waals surface area contributed by atoms with Crippen molar-refractivity contribution in [1.82, 2.24) is 15.5 Å². The molecule has 0 aromatic rings. The zero-order valence-corrected chi connectivity index (χ0v) is 16.3. The maximum atomic E-state index is 12.1. The number of likely N-dealkylation sites (N-methyl/N-ethyl adjacent to an activating group) is 1. The van der Waals surface area contributed by atoms with Gasteiger partial charge in [-0.2, -0.15) is 11.8 Å². The number of Topliss-reactive ketones (excluding diaryl/α,β-unsaturated/α-hetero) is 1. The van der Waals surface area contributed by atoms with Gasteiger partial charge >= 0.3 is 11.9 Å². The van der Waals surface area contributed by atoms with Gasteiger partial charge < -0.3 is 31.5 Å². The van der Waals surface area contributed by atoms with E-state index in [2.05, 4.69) is 10.6 Å². The molecule has 0 spiro atoms. The standard InChI is InChI=1S/C15H24N4O8S/c1-19(2)14(25)10(20)7-28-6-9(13(24)17-5-12(22)23)18-11(21)4-3-8(16)15(26)27/h8-9H,3-7,16H2,1-2H3,(H,17,24)(H,18,21)(H,22,23)(H,26,27). The van der Waals surface area contributed by atoms with Crippen LogP contribution in [0.3, 0.4) is 0 Å². The summed E-state index contributed by atoms with van der Waals surface area (Å²) in [7, 11) is 2.82. The van der Waals surface area contributed by atoms with Crippen molar-refractivity contribution in [1.29, 1.82) is 0 Å². The molecule has 0 aromatic carbocycles. The minimum atomic E-state index is -1.29. The number of hydrogen-bond acceptors (Lipinski definition) is 8. The van der Waals surface area contributed by atoms with Gasteiger partial charge in [-0.05, 0) is 6.42 Å². The Morgan fingerprint density at radius 3 is 2.21 bits per heavy atom. The molecule has 28 heavy (non-hydrogen) atoms. The number of carbonyl (C=O) groups is 6. The van der Waals surface area contributed by atoms with Crippen molar-refractivity contribution in [3.63, 3.8) is 0 Å². The summed E-state index contributed by atoms with van der Waals surface area (Å²) in [6.07, 6.45) is -0.424. The van der Waals surface area contributed by atoms with Crippen LogP contribution in [0.2, 0.25) is 0 Å². The molecule has 158 valence electrons. The van der Waals surface area contributed by atoms with Gasteiger partial charge in [-0.15, -0.1) is 0 Å². The average molecular weight is 420 g/mol. The number of carboxylic acids is 2. The summed E-state index contributed by atoms with van der Waals surface area (Å²) < 4.78 is 0. The first kappa shape index (κ1) is 25.3. The molecule has 2 unspecified atom stereocenters. The minimum Gasteiger partial charge on any atom is -0.480 e. The van der Waals surface area contributed by atoms with Gasteiger partial charge in [0.25, 0.3) is 5.91 Å². The molecule has 0 aliphatic rings. The highest BCUT2D eigenvalue weighted by atomic mass is 32.2. The number of nitrogens with one attached hydrogen (secondary N) is 2. The minimum absolute atomic E-state index is 0.103. The van der Waals surface area contributed by atoms with Crippen LogP contribution in [-0.2, 0) is 28.8 Å². The fourth-order valence-electron chi connectivity index (χ4n) is 1.73. The monoisotopic (exact) mass is 420 g/mol. The predicted molar refractivity (Wildman–Crippen MR) is 98.4 cm³/mol. The second-order valence-electron chi connectivity index (χ2n) is 5.85. The molecule has 0 saturated carbocycles. The Morgan fingerprint density at radius 2 is 1.71 bits per heavy atom. The van der Waals surface area contributed by atoms with Crippen LogP contribution in [0.4, 0.5) is 0 Å². The van der Waals surface area contributed by atoms with E-state index in [1.54, 1.807) is 0 Å². The van der Waals surface area contributed by atoms with Crippen molar-refractivity contribution < 1.29 is 39.0 Å². The smallest absolute Gasteiger partial charge is 0.322 e. The lowest BCUT2D eigenvalue weighted by Crippen LogP contribution is -2.49. The van der Waals surface area contributed by atoms with Crippen LogP contribution in [0, 0.1) is 0 Å². The van der Waals surface area contributed by atoms with Crippen LogP contribution in [-0.4, -0.2) is 94.8 Å². The highest BCUT2D eigenvalue weighted by Gasteiger charge is 2.24. The van der Waals surface area contributed by atoms with Gasteiger partial charge in [-0.1, -0.05) is 0 Å². The van der Waals surface area contributed by atoms with E-state index in [0.29, 0.717) is 0 Å². The number of rotatable bonds is 13. The Labute approximate surface area is 165 Å². The molecule has 3 amide bonds. The fourth-order valence-corrected chi connectivity index (χ4v) is 2.62. The number of carboxylic acid groups (broad SMARTS) is 2. The number of hydrogen-bond donors (Lipinski definition) is 5. The van der Waals surface area contributed by atoms with Crippen molar-refractivity contribution in [3.8, 4) is 0 Å². The molecular weight excluding hydrogens is 396 g/mol. The molecule has 0 radical (unpaired) electrons. The van der Waals surface area contributed by atoms with Crippen molar-refractivity contribution in [2.75, 3.05) is 32.1 Å². The topological polar surface area (TPSA) is 196 Å². The first-order valence-electron chi connectivity index (χ1n) is 8.05. The number of ketones is 1. The van der Waals surface area contributed by atoms with E-state index in [1.165, 1.54) is 14.1 Å². The quantitative estimate of drug-likeness (QED) is 0.195. The SMILES string of the molecule is CN(C)C(=O)C(=O)CSCC(NC(=O)CCC(N)C(=O)O)C(=O)NCC(=O)O. The summed E-state index contributed by atoms with van der Waals surface area (Å²) in [6.45, 7) is -0.669. The van der Waals surface area contributed by atoms with Crippen molar-refractivity contribution in [2.45, 2.75) is 24.9 Å². The Morgan fingerprint density at radius 1 is 1.11 bits per heavy atom. The van der Waals surface area contributed by atoms with Gasteiger partial charge in [-0.25, -0.2) is 0 Å². The Hall–Kier alpha value is -2.67. The number of thioether (sulfide) groups is 1. The van der Waals surface area contributed by atoms with Gasteiger partial charge in [0.1, 0.15) is 18.6 Å². The first-order valence-corrected chi connectivity index (χ1v) is 9.20. The molecule has 0 bridgehead atoms. The number of nitrogens with two attached hydrogens (primary N) is 1. The normalized spacial score (nSPS) is 12.4. The zero-order chi connectivity index (χ0) is 21.9. The Balaban J connectivity index is 4.77. The fraction of sp³-hybridized carbons (Fsp3) is 0.600. The van der Waals surface area contributed by atoms with Crippen molar-refractivity contribution in [3.05, 3.63) is 0 Å². The molecule has 6 N–H and O–H groups in total. The third-order valence-corrected chi connectivity index (χ3v) is 4.26. The third kappa shape index (κ3) is 10.5. The molecule has 0 aliphatic heterocycles. The van der Waals surface area contributed by atoms with Crippen LogP contribution in [0.25, 0.3) is 0 Å². The van der Waals surface area contributed by atoms with Crippen LogP contribution in [0.15, 0.2) is 0 Å². The number of aliphatic carboxylic acids is 2. The Bertz CT molecular complexity index is 625. The Kier molecular flexibility index (Phi) is 11.5. The molecule has 0 rings (SSSR count). The van der Waals surface area contributed by atoms with Crippen LogP contribution >= 0.6 is 11.8 Å². The number of carbonyl (C=O) groups excluding carboxylic acids is 4. The average Bonchev–Trinajstić information content (AvgIpc) is 2.61. The first-order chi connectivity index (χ1) is 13.0. The summed E-state index contributed by atoms with van der Waals surface area (Å²) >= 11 is 0.910. The van der Waals surface area contributed by atoms with Gasteiger partial charge in [0, 0.05) is 26.3 Å².